The molecule has 0 saturated carbocycles. The van der Waals surface area contributed by atoms with Gasteiger partial charge in [-0.25, -0.2) is 0 Å². The summed E-state index contributed by atoms with van der Waals surface area (Å²) in [6.45, 7) is 3.40. The van der Waals surface area contributed by atoms with Crippen molar-refractivity contribution < 1.29 is 9.53 Å². The molecule has 110 valence electrons. The zero-order valence-corrected chi connectivity index (χ0v) is 12.2. The predicted octanol–water partition coefficient (Wildman–Crippen LogP) is 0.293. The molecule has 5 nitrogen and oxygen atoms in total. The van der Waals surface area contributed by atoms with Crippen molar-refractivity contribution in [1.82, 2.24) is 9.80 Å². The molecule has 2 saturated heterocycles. The molecular formula is C14H27N3O2. The van der Waals surface area contributed by atoms with Gasteiger partial charge >= 0.3 is 0 Å². The van der Waals surface area contributed by atoms with Crippen molar-refractivity contribution in [2.24, 2.45) is 11.7 Å². The van der Waals surface area contributed by atoms with Gasteiger partial charge in [-0.15, -0.1) is 0 Å². The number of piperidine rings is 1. The van der Waals surface area contributed by atoms with Gasteiger partial charge in [0, 0.05) is 26.2 Å². The van der Waals surface area contributed by atoms with E-state index >= 15 is 0 Å². The number of hydrogen-bond acceptors (Lipinski definition) is 4. The lowest BCUT2D eigenvalue weighted by Gasteiger charge is -2.34. The topological polar surface area (TPSA) is 58.8 Å². The first-order valence-electron chi connectivity index (χ1n) is 7.39. The lowest BCUT2D eigenvalue weighted by atomic mass is 9.96. The normalized spacial score (nSPS) is 29.2. The summed E-state index contributed by atoms with van der Waals surface area (Å²) in [7, 11) is 4.22. The maximum absolute atomic E-state index is 12.3. The van der Waals surface area contributed by atoms with Crippen molar-refractivity contribution in [3.05, 3.63) is 0 Å². The fourth-order valence-corrected chi connectivity index (χ4v) is 3.12. The van der Waals surface area contributed by atoms with E-state index in [1.807, 2.05) is 4.90 Å². The van der Waals surface area contributed by atoms with Gasteiger partial charge < -0.3 is 20.3 Å². The van der Waals surface area contributed by atoms with Crippen LogP contribution in [0.5, 0.6) is 0 Å². The summed E-state index contributed by atoms with van der Waals surface area (Å²) in [6, 6.07) is 0. The summed E-state index contributed by atoms with van der Waals surface area (Å²) in [6.07, 6.45) is 3.81. The van der Waals surface area contributed by atoms with Crippen LogP contribution in [0.3, 0.4) is 0 Å². The molecule has 2 heterocycles. The number of likely N-dealkylation sites (tertiary alicyclic amines) is 1. The SMILES string of the molecule is CN(C)CC1CCN(C(=O)[C@@H]2CC[C@H](CN)O2)CC1. The van der Waals surface area contributed by atoms with Gasteiger partial charge in [-0.2, -0.15) is 0 Å². The van der Waals surface area contributed by atoms with E-state index in [-0.39, 0.29) is 18.1 Å². The highest BCUT2D eigenvalue weighted by molar-refractivity contribution is 5.81. The third kappa shape index (κ3) is 3.91. The molecule has 5 heteroatoms. The predicted molar refractivity (Wildman–Crippen MR) is 74.8 cm³/mol. The van der Waals surface area contributed by atoms with Crippen molar-refractivity contribution in [3.63, 3.8) is 0 Å². The molecule has 2 N–H and O–H groups in total. The molecule has 2 atom stereocenters. The van der Waals surface area contributed by atoms with Crippen LogP contribution in [0.25, 0.3) is 0 Å². The summed E-state index contributed by atoms with van der Waals surface area (Å²) >= 11 is 0. The van der Waals surface area contributed by atoms with Crippen molar-refractivity contribution in [2.75, 3.05) is 40.3 Å². The lowest BCUT2D eigenvalue weighted by Crippen LogP contribution is -2.45. The van der Waals surface area contributed by atoms with Gasteiger partial charge in [0.1, 0.15) is 6.10 Å². The van der Waals surface area contributed by atoms with Crippen molar-refractivity contribution >= 4 is 5.91 Å². The molecule has 19 heavy (non-hydrogen) atoms. The van der Waals surface area contributed by atoms with Crippen LogP contribution in [-0.2, 0) is 9.53 Å². The van der Waals surface area contributed by atoms with Crippen LogP contribution in [0.15, 0.2) is 0 Å². The summed E-state index contributed by atoms with van der Waals surface area (Å²) in [4.78, 5) is 16.6. The molecule has 2 aliphatic rings. The van der Waals surface area contributed by atoms with E-state index < -0.39 is 0 Å². The number of nitrogens with two attached hydrogens (primary N) is 1. The molecule has 0 bridgehead atoms. The standard InChI is InChI=1S/C14H27N3O2/c1-16(2)10-11-5-7-17(8-6-11)14(18)13-4-3-12(9-15)19-13/h11-13H,3-10,15H2,1-2H3/t12-,13+/m1/s1. The fraction of sp³-hybridized carbons (Fsp3) is 0.929. The van der Waals surface area contributed by atoms with E-state index in [1.165, 1.54) is 0 Å². The summed E-state index contributed by atoms with van der Waals surface area (Å²) in [5.41, 5.74) is 5.58. The smallest absolute Gasteiger partial charge is 0.251 e. The van der Waals surface area contributed by atoms with Gasteiger partial charge in [0.05, 0.1) is 6.10 Å². The lowest BCUT2D eigenvalue weighted by molar-refractivity contribution is -0.144. The average Bonchev–Trinajstić information content (AvgIpc) is 2.87. The molecule has 0 unspecified atom stereocenters. The second kappa shape index (κ2) is 6.68. The maximum Gasteiger partial charge on any atom is 0.251 e. The first-order chi connectivity index (χ1) is 9.10. The maximum atomic E-state index is 12.3. The molecule has 2 aliphatic heterocycles. The van der Waals surface area contributed by atoms with Crippen LogP contribution in [-0.4, -0.2) is 68.2 Å². The van der Waals surface area contributed by atoms with Crippen LogP contribution in [0.4, 0.5) is 0 Å². The molecule has 0 aromatic carbocycles. The fourth-order valence-electron chi connectivity index (χ4n) is 3.12. The Labute approximate surface area is 116 Å². The molecule has 0 aliphatic carbocycles. The van der Waals surface area contributed by atoms with Crippen LogP contribution in [0.1, 0.15) is 25.7 Å². The minimum atomic E-state index is -0.237. The van der Waals surface area contributed by atoms with Gasteiger partial charge in [-0.3, -0.25) is 4.79 Å². The van der Waals surface area contributed by atoms with E-state index in [2.05, 4.69) is 19.0 Å². The van der Waals surface area contributed by atoms with E-state index in [0.717, 1.165) is 51.2 Å². The number of carbonyl (C=O) groups is 1. The molecule has 1 amide bonds. The second-order valence-corrected chi connectivity index (χ2v) is 6.09. The average molecular weight is 269 g/mol. The number of amides is 1. The van der Waals surface area contributed by atoms with Crippen molar-refractivity contribution in [2.45, 2.75) is 37.9 Å². The Morgan fingerprint density at radius 3 is 2.47 bits per heavy atom. The molecule has 0 radical (unpaired) electrons. The second-order valence-electron chi connectivity index (χ2n) is 6.09. The highest BCUT2D eigenvalue weighted by Crippen LogP contribution is 2.24. The van der Waals surface area contributed by atoms with Gasteiger partial charge in [0.15, 0.2) is 0 Å². The monoisotopic (exact) mass is 269 g/mol. The molecule has 2 fully saturated rings. The third-order valence-electron chi connectivity index (χ3n) is 4.20. The van der Waals surface area contributed by atoms with Crippen LogP contribution < -0.4 is 5.73 Å². The Morgan fingerprint density at radius 1 is 1.26 bits per heavy atom. The number of nitrogens with zero attached hydrogens (tertiary/aromatic N) is 2. The summed E-state index contributed by atoms with van der Waals surface area (Å²) in [5.74, 6) is 0.902. The Morgan fingerprint density at radius 2 is 1.95 bits per heavy atom. The highest BCUT2D eigenvalue weighted by Gasteiger charge is 2.34. The van der Waals surface area contributed by atoms with Gasteiger partial charge in [-0.05, 0) is 45.7 Å². The zero-order valence-electron chi connectivity index (χ0n) is 12.2. The number of ether oxygens (including phenoxy) is 1. The Kier molecular flexibility index (Phi) is 5.19. The van der Waals surface area contributed by atoms with Gasteiger partial charge in [-0.1, -0.05) is 0 Å². The summed E-state index contributed by atoms with van der Waals surface area (Å²) < 4.78 is 5.69. The van der Waals surface area contributed by atoms with Crippen molar-refractivity contribution in [3.8, 4) is 0 Å². The van der Waals surface area contributed by atoms with E-state index in [9.17, 15) is 4.79 Å². The van der Waals surface area contributed by atoms with Gasteiger partial charge in [0.25, 0.3) is 5.91 Å². The highest BCUT2D eigenvalue weighted by atomic mass is 16.5. The number of carbonyl (C=O) groups excluding carboxylic acids is 1. The first kappa shape index (κ1) is 14.8. The first-order valence-corrected chi connectivity index (χ1v) is 7.39. The van der Waals surface area contributed by atoms with Gasteiger partial charge in [0.2, 0.25) is 0 Å². The van der Waals surface area contributed by atoms with E-state index in [1.54, 1.807) is 0 Å². The van der Waals surface area contributed by atoms with Crippen molar-refractivity contribution in [1.29, 1.82) is 0 Å². The molecule has 0 spiro atoms. The van der Waals surface area contributed by atoms with Crippen LogP contribution in [0, 0.1) is 5.92 Å². The Bertz CT molecular complexity index is 301. The Hall–Kier alpha value is -0.650. The van der Waals surface area contributed by atoms with Crippen LogP contribution >= 0.6 is 0 Å². The largest absolute Gasteiger partial charge is 0.364 e. The minimum absolute atomic E-state index is 0.0835. The molecule has 0 aromatic rings. The third-order valence-corrected chi connectivity index (χ3v) is 4.20. The zero-order chi connectivity index (χ0) is 13.8. The van der Waals surface area contributed by atoms with E-state index in [0.29, 0.717) is 6.54 Å². The quantitative estimate of drug-likeness (QED) is 0.797. The van der Waals surface area contributed by atoms with Crippen LogP contribution in [0.2, 0.25) is 0 Å². The minimum Gasteiger partial charge on any atom is -0.364 e. The number of hydrogen-bond donors (Lipinski definition) is 1. The number of rotatable bonds is 4. The Balaban J connectivity index is 1.76. The molecular weight excluding hydrogens is 242 g/mol. The van der Waals surface area contributed by atoms with E-state index in [4.69, 9.17) is 10.5 Å². The summed E-state index contributed by atoms with van der Waals surface area (Å²) in [5, 5.41) is 0. The molecule has 0 aromatic heterocycles. The molecule has 2 rings (SSSR count).